The van der Waals surface area contributed by atoms with Crippen molar-refractivity contribution < 1.29 is 8.42 Å². The average Bonchev–Trinajstić information content (AvgIpc) is 2.69. The Hall–Kier alpha value is -0.390. The third-order valence-electron chi connectivity index (χ3n) is 2.83. The van der Waals surface area contributed by atoms with Crippen LogP contribution in [0.25, 0.3) is 0 Å². The van der Waals surface area contributed by atoms with Gasteiger partial charge in [0.1, 0.15) is 0 Å². The zero-order chi connectivity index (χ0) is 12.7. The molecule has 0 aromatic heterocycles. The second-order valence-corrected chi connectivity index (χ2v) is 6.75. The van der Waals surface area contributed by atoms with Gasteiger partial charge >= 0.3 is 0 Å². The summed E-state index contributed by atoms with van der Waals surface area (Å²) in [4.78, 5) is 0. The van der Waals surface area contributed by atoms with Crippen molar-refractivity contribution in [2.24, 2.45) is 0 Å². The molecule has 17 heavy (non-hydrogen) atoms. The van der Waals surface area contributed by atoms with Gasteiger partial charge in [0.05, 0.1) is 5.75 Å². The summed E-state index contributed by atoms with van der Waals surface area (Å²) in [6.45, 7) is 5.06. The smallest absolute Gasteiger partial charge is 0.212 e. The molecular weight excluding hydrogens is 236 g/mol. The van der Waals surface area contributed by atoms with Gasteiger partial charge in [-0.2, -0.15) is 0 Å². The van der Waals surface area contributed by atoms with Gasteiger partial charge in [0, 0.05) is 19.1 Å². The van der Waals surface area contributed by atoms with Crippen molar-refractivity contribution >= 4 is 10.0 Å². The molecule has 0 aromatic carbocycles. The van der Waals surface area contributed by atoms with Gasteiger partial charge in [0.25, 0.3) is 0 Å². The first kappa shape index (κ1) is 14.7. The monoisotopic (exact) mass is 260 g/mol. The van der Waals surface area contributed by atoms with Gasteiger partial charge in [-0.15, -0.1) is 0 Å². The fraction of sp³-hybridized carbons (Fsp3) is 0.833. The van der Waals surface area contributed by atoms with Crippen molar-refractivity contribution in [3.05, 3.63) is 11.6 Å². The minimum atomic E-state index is -3.11. The van der Waals surface area contributed by atoms with E-state index in [1.807, 2.05) is 13.8 Å². The summed E-state index contributed by atoms with van der Waals surface area (Å²) in [5.74, 6) is 0.157. The molecule has 0 spiro atoms. The Kier molecular flexibility index (Phi) is 6.16. The summed E-state index contributed by atoms with van der Waals surface area (Å²) < 4.78 is 25.9. The SMILES string of the molecule is CC(C)NCCS(=O)(=O)NCCC1=CCCC1. The highest BCUT2D eigenvalue weighted by Crippen LogP contribution is 2.19. The predicted molar refractivity (Wildman–Crippen MR) is 71.5 cm³/mol. The van der Waals surface area contributed by atoms with Gasteiger partial charge in [0.2, 0.25) is 10.0 Å². The summed E-state index contributed by atoms with van der Waals surface area (Å²) in [6.07, 6.45) is 6.60. The summed E-state index contributed by atoms with van der Waals surface area (Å²) in [7, 11) is -3.11. The number of allylic oxidation sites excluding steroid dienone is 1. The zero-order valence-corrected chi connectivity index (χ0v) is 11.6. The highest BCUT2D eigenvalue weighted by atomic mass is 32.2. The van der Waals surface area contributed by atoms with Crippen molar-refractivity contribution in [3.8, 4) is 0 Å². The van der Waals surface area contributed by atoms with Gasteiger partial charge in [-0.25, -0.2) is 13.1 Å². The van der Waals surface area contributed by atoms with E-state index in [2.05, 4.69) is 16.1 Å². The molecule has 100 valence electrons. The molecule has 0 atom stereocenters. The maximum atomic E-state index is 11.6. The average molecular weight is 260 g/mol. The molecular formula is C12H24N2O2S. The van der Waals surface area contributed by atoms with E-state index in [-0.39, 0.29) is 5.75 Å². The molecule has 0 heterocycles. The molecule has 2 N–H and O–H groups in total. The Morgan fingerprint density at radius 1 is 1.35 bits per heavy atom. The molecule has 0 saturated carbocycles. The number of nitrogens with one attached hydrogen (secondary N) is 2. The Bertz CT molecular complexity index is 348. The van der Waals surface area contributed by atoms with E-state index in [1.165, 1.54) is 12.0 Å². The third-order valence-corrected chi connectivity index (χ3v) is 4.21. The maximum absolute atomic E-state index is 11.6. The van der Waals surface area contributed by atoms with Crippen LogP contribution in [-0.4, -0.2) is 33.3 Å². The Labute approximate surface area is 105 Å². The molecule has 0 radical (unpaired) electrons. The molecule has 0 unspecified atom stereocenters. The highest BCUT2D eigenvalue weighted by Gasteiger charge is 2.10. The minimum absolute atomic E-state index is 0.157. The van der Waals surface area contributed by atoms with Crippen molar-refractivity contribution in [1.82, 2.24) is 10.0 Å². The van der Waals surface area contributed by atoms with E-state index in [0.717, 1.165) is 19.3 Å². The van der Waals surface area contributed by atoms with Crippen LogP contribution in [0.15, 0.2) is 11.6 Å². The highest BCUT2D eigenvalue weighted by molar-refractivity contribution is 7.89. The Balaban J connectivity index is 2.15. The molecule has 1 aliphatic carbocycles. The van der Waals surface area contributed by atoms with Crippen LogP contribution in [-0.2, 0) is 10.0 Å². The molecule has 0 saturated heterocycles. The number of rotatable bonds is 8. The number of sulfonamides is 1. The molecule has 0 aliphatic heterocycles. The van der Waals surface area contributed by atoms with Crippen LogP contribution >= 0.6 is 0 Å². The lowest BCUT2D eigenvalue weighted by Crippen LogP contribution is -2.34. The van der Waals surface area contributed by atoms with E-state index < -0.39 is 10.0 Å². The minimum Gasteiger partial charge on any atom is -0.313 e. The molecule has 1 rings (SSSR count). The van der Waals surface area contributed by atoms with E-state index in [9.17, 15) is 8.42 Å². The fourth-order valence-electron chi connectivity index (χ4n) is 1.89. The lowest BCUT2D eigenvalue weighted by atomic mass is 10.2. The summed E-state index contributed by atoms with van der Waals surface area (Å²) in [6, 6.07) is 0.328. The van der Waals surface area contributed by atoms with Crippen molar-refractivity contribution in [2.45, 2.75) is 45.6 Å². The van der Waals surface area contributed by atoms with Crippen LogP contribution in [0.4, 0.5) is 0 Å². The van der Waals surface area contributed by atoms with Crippen molar-refractivity contribution in [1.29, 1.82) is 0 Å². The lowest BCUT2D eigenvalue weighted by molar-refractivity contribution is 0.566. The number of hydrogen-bond acceptors (Lipinski definition) is 3. The Morgan fingerprint density at radius 3 is 2.71 bits per heavy atom. The predicted octanol–water partition coefficient (Wildman–Crippen LogP) is 1.40. The van der Waals surface area contributed by atoms with Crippen LogP contribution in [0, 0.1) is 0 Å². The van der Waals surface area contributed by atoms with Crippen LogP contribution in [0.1, 0.15) is 39.5 Å². The Morgan fingerprint density at radius 2 is 2.12 bits per heavy atom. The van der Waals surface area contributed by atoms with Gasteiger partial charge in [-0.1, -0.05) is 25.5 Å². The molecule has 0 amide bonds. The lowest BCUT2D eigenvalue weighted by Gasteiger charge is -2.09. The van der Waals surface area contributed by atoms with Gasteiger partial charge in [0.15, 0.2) is 0 Å². The van der Waals surface area contributed by atoms with Crippen LogP contribution in [0.3, 0.4) is 0 Å². The van der Waals surface area contributed by atoms with E-state index in [1.54, 1.807) is 0 Å². The number of hydrogen-bond donors (Lipinski definition) is 2. The summed E-state index contributed by atoms with van der Waals surface area (Å²) in [5, 5.41) is 3.10. The van der Waals surface area contributed by atoms with Crippen molar-refractivity contribution in [3.63, 3.8) is 0 Å². The van der Waals surface area contributed by atoms with Crippen LogP contribution in [0.5, 0.6) is 0 Å². The zero-order valence-electron chi connectivity index (χ0n) is 10.8. The quantitative estimate of drug-likeness (QED) is 0.649. The van der Waals surface area contributed by atoms with Gasteiger partial charge in [-0.3, -0.25) is 0 Å². The second-order valence-electron chi connectivity index (χ2n) is 4.83. The topological polar surface area (TPSA) is 58.2 Å². The standard InChI is InChI=1S/C12H24N2O2S/c1-11(2)13-9-10-17(15,16)14-8-7-12-5-3-4-6-12/h5,11,13-14H,3-4,6-10H2,1-2H3. The van der Waals surface area contributed by atoms with E-state index in [0.29, 0.717) is 19.1 Å². The normalized spacial score (nSPS) is 16.5. The molecule has 0 bridgehead atoms. The van der Waals surface area contributed by atoms with Crippen LogP contribution < -0.4 is 10.0 Å². The third kappa shape index (κ3) is 6.81. The summed E-state index contributed by atoms with van der Waals surface area (Å²) in [5.41, 5.74) is 1.40. The van der Waals surface area contributed by atoms with E-state index in [4.69, 9.17) is 0 Å². The van der Waals surface area contributed by atoms with E-state index >= 15 is 0 Å². The van der Waals surface area contributed by atoms with Gasteiger partial charge in [-0.05, 0) is 25.7 Å². The van der Waals surface area contributed by atoms with Crippen LogP contribution in [0.2, 0.25) is 0 Å². The molecule has 5 heteroatoms. The van der Waals surface area contributed by atoms with Crippen molar-refractivity contribution in [2.75, 3.05) is 18.8 Å². The molecule has 0 aromatic rings. The summed E-state index contributed by atoms with van der Waals surface area (Å²) >= 11 is 0. The molecule has 4 nitrogen and oxygen atoms in total. The fourth-order valence-corrected chi connectivity index (χ4v) is 2.83. The molecule has 1 aliphatic rings. The first-order valence-electron chi connectivity index (χ1n) is 6.38. The first-order valence-corrected chi connectivity index (χ1v) is 8.03. The second kappa shape index (κ2) is 7.13. The largest absolute Gasteiger partial charge is 0.313 e. The molecule has 0 fully saturated rings. The first-order chi connectivity index (χ1) is 7.99. The van der Waals surface area contributed by atoms with Gasteiger partial charge < -0.3 is 5.32 Å². The maximum Gasteiger partial charge on any atom is 0.212 e.